The van der Waals surface area contributed by atoms with Gasteiger partial charge in [-0.1, -0.05) is 60.4 Å². The fraction of sp³-hybridized carbons (Fsp3) is 0.209. The number of fused-ring (bicyclic) bond motifs is 12. The third-order valence-corrected chi connectivity index (χ3v) is 14.1. The van der Waals surface area contributed by atoms with E-state index in [-0.39, 0.29) is 22.1 Å². The Hall–Kier alpha value is -6.07. The Balaban J connectivity index is 1.20. The van der Waals surface area contributed by atoms with E-state index in [0.29, 0.717) is 56.9 Å². The highest BCUT2D eigenvalue weighted by atomic mass is 32.2. The maximum absolute atomic E-state index is 13.4. The topological polar surface area (TPSA) is 160 Å². The normalized spacial score (nSPS) is 31.3. The van der Waals surface area contributed by atoms with Crippen LogP contribution < -0.4 is 0 Å². The molecule has 2 N–H and O–H groups in total. The summed E-state index contributed by atoms with van der Waals surface area (Å²) in [6, 6.07) is 7.66. The Morgan fingerprint density at radius 3 is 1.54 bits per heavy atom. The van der Waals surface area contributed by atoms with Gasteiger partial charge in [-0.3, -0.25) is 28.8 Å². The summed E-state index contributed by atoms with van der Waals surface area (Å²) < 4.78 is 0. The number of hydrogen-bond acceptors (Lipinski definition) is 9. The highest BCUT2D eigenvalue weighted by Crippen LogP contribution is 2.55. The zero-order valence-electron chi connectivity index (χ0n) is 28.0. The summed E-state index contributed by atoms with van der Waals surface area (Å²) in [5.41, 5.74) is 11.4. The van der Waals surface area contributed by atoms with Crippen LogP contribution in [0, 0.1) is 17.8 Å². The standard InChI is InChI=1S/C43H24N4O6S/c48-29-9-14-1-2-15(29)32-22-11-24-34-17-5-6-19(42(52)40(17)50)36(34)26(46-24)13-28-38-30-8-7-20(43(53)54-30)37(38)27(47-28)12-25-35-18-4-3-16(39(49)41(18)51)33(35)23(45-25)10-21(44-22)31(14)32/h1-8,10-20,30,44-45H,9H2/t14?,15-,16?,17?,18+,19+,20?,30?/m0/s1. The molecule has 0 saturated heterocycles. The summed E-state index contributed by atoms with van der Waals surface area (Å²) in [4.78, 5) is 97.9. The number of carbonyl (C=O) groups is 6. The van der Waals surface area contributed by atoms with Crippen molar-refractivity contribution in [3.8, 4) is 0 Å². The van der Waals surface area contributed by atoms with Crippen LogP contribution in [-0.4, -0.2) is 59.2 Å². The van der Waals surface area contributed by atoms with Crippen LogP contribution in [0.25, 0.3) is 44.4 Å². The Morgan fingerprint density at radius 2 is 0.926 bits per heavy atom. The number of aromatic nitrogens is 4. The van der Waals surface area contributed by atoms with Crippen molar-refractivity contribution in [2.75, 3.05) is 0 Å². The number of hydrogen-bond donors (Lipinski definition) is 2. The lowest BCUT2D eigenvalue weighted by atomic mass is 9.69. The summed E-state index contributed by atoms with van der Waals surface area (Å²) in [6.45, 7) is 0. The van der Waals surface area contributed by atoms with E-state index in [1.807, 2.05) is 48.6 Å². The Labute approximate surface area is 308 Å². The fourth-order valence-electron chi connectivity index (χ4n) is 10.8. The van der Waals surface area contributed by atoms with Gasteiger partial charge in [0.2, 0.25) is 28.2 Å². The van der Waals surface area contributed by atoms with E-state index >= 15 is 0 Å². The average Bonchev–Trinajstić information content (AvgIpc) is 3.93. The molecule has 5 unspecified atom stereocenters. The molecule has 0 saturated carbocycles. The molecule has 0 radical (unpaired) electrons. The molecule has 16 bridgehead atoms. The summed E-state index contributed by atoms with van der Waals surface area (Å²) in [5, 5.41) is -0.248. The number of nitrogens with one attached hydrogen (secondary N) is 2. The number of allylic oxidation sites excluding steroid dienone is 10. The molecule has 8 atom stereocenters. The van der Waals surface area contributed by atoms with Crippen LogP contribution in [0.4, 0.5) is 0 Å². The fourth-order valence-corrected chi connectivity index (χ4v) is 11.9. The minimum absolute atomic E-state index is 0.0287. The van der Waals surface area contributed by atoms with Crippen molar-refractivity contribution in [1.82, 2.24) is 19.9 Å². The Bertz CT molecular complexity index is 2970. The highest BCUT2D eigenvalue weighted by Gasteiger charge is 2.49. The first-order valence-electron chi connectivity index (χ1n) is 18.2. The second kappa shape index (κ2) is 9.53. The van der Waals surface area contributed by atoms with E-state index in [2.05, 4.69) is 16.0 Å². The van der Waals surface area contributed by atoms with E-state index in [1.54, 1.807) is 18.2 Å². The summed E-state index contributed by atoms with van der Waals surface area (Å²) in [5.74, 6) is -5.90. The predicted molar refractivity (Wildman–Crippen MR) is 199 cm³/mol. The molecule has 4 aliphatic heterocycles. The van der Waals surface area contributed by atoms with Crippen LogP contribution >= 0.6 is 11.8 Å². The molecule has 0 fully saturated rings. The molecule has 11 heteroatoms. The first kappa shape index (κ1) is 29.4. The van der Waals surface area contributed by atoms with Crippen LogP contribution in [0.2, 0.25) is 0 Å². The average molecular weight is 725 g/mol. The first-order chi connectivity index (χ1) is 26.2. The molecule has 10 aliphatic carbocycles. The molecule has 258 valence electrons. The maximum atomic E-state index is 13.4. The number of H-pyrrole nitrogens is 2. The molecule has 14 aliphatic rings. The van der Waals surface area contributed by atoms with Gasteiger partial charge in [-0.25, -0.2) is 9.97 Å². The van der Waals surface area contributed by atoms with Gasteiger partial charge in [0.05, 0.1) is 63.5 Å². The van der Waals surface area contributed by atoms with Crippen molar-refractivity contribution in [1.29, 1.82) is 0 Å². The van der Waals surface area contributed by atoms with E-state index < -0.39 is 58.6 Å². The molecule has 0 amide bonds. The third-order valence-electron chi connectivity index (χ3n) is 13.0. The van der Waals surface area contributed by atoms with E-state index in [9.17, 15) is 28.8 Å². The molecular formula is C43H24N4O6S. The van der Waals surface area contributed by atoms with Crippen LogP contribution in [0.1, 0.15) is 75.1 Å². The van der Waals surface area contributed by atoms with Gasteiger partial charge in [-0.15, -0.1) is 0 Å². The number of Topliss-reactive ketones (excluding diaryl/α,β-unsaturated/α-hetero) is 5. The number of thioether (sulfide) groups is 1. The molecule has 3 aromatic heterocycles. The zero-order chi connectivity index (χ0) is 36.0. The maximum Gasteiger partial charge on any atom is 0.210 e. The van der Waals surface area contributed by atoms with Gasteiger partial charge in [-0.2, -0.15) is 0 Å². The highest BCUT2D eigenvalue weighted by molar-refractivity contribution is 8.15. The molecule has 0 spiro atoms. The van der Waals surface area contributed by atoms with Gasteiger partial charge in [0, 0.05) is 40.0 Å². The van der Waals surface area contributed by atoms with Crippen LogP contribution in [0.15, 0.2) is 72.9 Å². The second-order valence-corrected chi connectivity index (χ2v) is 16.7. The van der Waals surface area contributed by atoms with Gasteiger partial charge < -0.3 is 9.97 Å². The summed E-state index contributed by atoms with van der Waals surface area (Å²) in [7, 11) is 0. The largest absolute Gasteiger partial charge is 0.355 e. The van der Waals surface area contributed by atoms with Crippen LogP contribution in [0.5, 0.6) is 0 Å². The van der Waals surface area contributed by atoms with E-state index in [4.69, 9.17) is 9.97 Å². The first-order valence-corrected chi connectivity index (χ1v) is 19.1. The summed E-state index contributed by atoms with van der Waals surface area (Å²) >= 11 is 1.26. The number of nitrogens with zero attached hydrogens (tertiary/aromatic N) is 2. The van der Waals surface area contributed by atoms with Gasteiger partial charge in [-0.05, 0) is 63.2 Å². The molecule has 7 heterocycles. The number of carbonyl (C=O) groups excluding carboxylic acids is 6. The van der Waals surface area contributed by atoms with Crippen molar-refractivity contribution in [3.63, 3.8) is 0 Å². The lowest BCUT2D eigenvalue weighted by Crippen LogP contribution is -2.37. The minimum atomic E-state index is -0.779. The summed E-state index contributed by atoms with van der Waals surface area (Å²) in [6.07, 6.45) is 15.6. The van der Waals surface area contributed by atoms with Gasteiger partial charge in [0.15, 0.2) is 0 Å². The number of aromatic amines is 2. The predicted octanol–water partition coefficient (Wildman–Crippen LogP) is 5.52. The SMILES string of the molecule is O=C1SC2C=CC1C1=C2c2cc3nc(cc4[nH]c(cc5[nH]c(cc1n2)c1c5C2C=C[C@H]1C(=O)C2=O)c1c4[C@H]2C=CC1CC2=O)C1=C3[C@H]2C=CC1C(=O)C2=O. The zero-order valence-corrected chi connectivity index (χ0v) is 28.8. The Kier molecular flexibility index (Phi) is 5.19. The van der Waals surface area contributed by atoms with E-state index in [1.165, 1.54) is 11.8 Å². The number of ketones is 5. The van der Waals surface area contributed by atoms with Gasteiger partial charge >= 0.3 is 0 Å². The minimum Gasteiger partial charge on any atom is -0.355 e. The van der Waals surface area contributed by atoms with Crippen molar-refractivity contribution in [2.45, 2.75) is 35.3 Å². The van der Waals surface area contributed by atoms with Crippen molar-refractivity contribution >= 4 is 90.2 Å². The lowest BCUT2D eigenvalue weighted by molar-refractivity contribution is -0.138. The molecule has 10 nitrogen and oxygen atoms in total. The molecular weight excluding hydrogens is 701 g/mol. The van der Waals surface area contributed by atoms with E-state index in [0.717, 1.165) is 38.9 Å². The van der Waals surface area contributed by atoms with Gasteiger partial charge in [0.25, 0.3) is 0 Å². The van der Waals surface area contributed by atoms with Crippen molar-refractivity contribution in [3.05, 3.63) is 118 Å². The number of rotatable bonds is 0. The molecule has 3 aromatic rings. The molecule has 0 aromatic carbocycles. The quantitative estimate of drug-likeness (QED) is 0.225. The Morgan fingerprint density at radius 1 is 0.463 bits per heavy atom. The van der Waals surface area contributed by atoms with Crippen molar-refractivity contribution in [2.24, 2.45) is 17.8 Å². The van der Waals surface area contributed by atoms with Crippen LogP contribution in [0.3, 0.4) is 0 Å². The molecule has 54 heavy (non-hydrogen) atoms. The third kappa shape index (κ3) is 3.37. The smallest absolute Gasteiger partial charge is 0.210 e. The monoisotopic (exact) mass is 724 g/mol. The van der Waals surface area contributed by atoms with Crippen LogP contribution in [-0.2, 0) is 28.8 Å². The second-order valence-electron chi connectivity index (χ2n) is 15.6. The van der Waals surface area contributed by atoms with Gasteiger partial charge in [0.1, 0.15) is 5.78 Å². The van der Waals surface area contributed by atoms with Crippen molar-refractivity contribution < 1.29 is 28.8 Å². The molecule has 17 rings (SSSR count). The lowest BCUT2D eigenvalue weighted by Gasteiger charge is -2.31.